The minimum Gasteiger partial charge on any atom is -0.306 e. The van der Waals surface area contributed by atoms with Gasteiger partial charge in [0.1, 0.15) is 0 Å². The number of aromatic nitrogens is 3. The molecule has 3 rings (SSSR count). The van der Waals surface area contributed by atoms with Gasteiger partial charge in [0.15, 0.2) is 5.65 Å². The van der Waals surface area contributed by atoms with Crippen LogP contribution in [0, 0.1) is 20.8 Å². The maximum Gasteiger partial charge on any atom is 0.155 e. The normalized spacial score (nSPS) is 13.0. The molecule has 0 aliphatic heterocycles. The van der Waals surface area contributed by atoms with Gasteiger partial charge in [0.2, 0.25) is 0 Å². The fraction of sp³-hybridized carbons (Fsp3) is 0.375. The van der Waals surface area contributed by atoms with Crippen molar-refractivity contribution in [3.8, 4) is 0 Å². The monoisotopic (exact) mass is 300 g/mol. The summed E-state index contributed by atoms with van der Waals surface area (Å²) in [6.07, 6.45) is 1.96. The highest BCUT2D eigenvalue weighted by Gasteiger charge is 2.13. The average molecular weight is 300 g/mol. The summed E-state index contributed by atoms with van der Waals surface area (Å²) in [5.41, 5.74) is 6.97. The van der Waals surface area contributed by atoms with E-state index in [2.05, 4.69) is 46.9 Å². The molecular weight excluding hydrogens is 280 g/mol. The molecule has 0 aliphatic carbocycles. The Morgan fingerprint density at radius 2 is 2.10 bits per heavy atom. The molecule has 0 saturated heterocycles. The molecule has 1 unspecified atom stereocenters. The van der Waals surface area contributed by atoms with E-state index in [1.54, 1.807) is 11.3 Å². The highest BCUT2D eigenvalue weighted by atomic mass is 32.1. The first-order valence-electron chi connectivity index (χ1n) is 7.13. The zero-order valence-corrected chi connectivity index (χ0v) is 13.7. The Bertz CT molecular complexity index is 772. The Balaban J connectivity index is 1.82. The number of thiophene rings is 1. The molecule has 21 heavy (non-hydrogen) atoms. The highest BCUT2D eigenvalue weighted by Crippen LogP contribution is 2.20. The third kappa shape index (κ3) is 2.71. The SMILES string of the molecule is Cc1cc2ncc(C(C)NCc3cscc3C)c(C)n2n1. The van der Waals surface area contributed by atoms with E-state index in [1.807, 2.05) is 23.7 Å². The van der Waals surface area contributed by atoms with Gasteiger partial charge in [0.05, 0.1) is 5.69 Å². The number of rotatable bonds is 4. The molecule has 0 bridgehead atoms. The van der Waals surface area contributed by atoms with Gasteiger partial charge in [-0.25, -0.2) is 9.50 Å². The summed E-state index contributed by atoms with van der Waals surface area (Å²) in [6.45, 7) is 9.31. The van der Waals surface area contributed by atoms with Gasteiger partial charge in [-0.1, -0.05) is 0 Å². The van der Waals surface area contributed by atoms with Crippen LogP contribution in [0.25, 0.3) is 5.65 Å². The number of nitrogens with one attached hydrogen (secondary N) is 1. The number of fused-ring (bicyclic) bond motifs is 1. The molecule has 0 radical (unpaired) electrons. The van der Waals surface area contributed by atoms with Crippen LogP contribution in [0.1, 0.15) is 41.0 Å². The Hall–Kier alpha value is -1.72. The van der Waals surface area contributed by atoms with E-state index < -0.39 is 0 Å². The van der Waals surface area contributed by atoms with Crippen molar-refractivity contribution < 1.29 is 0 Å². The lowest BCUT2D eigenvalue weighted by Gasteiger charge is -2.16. The molecule has 110 valence electrons. The second-order valence-electron chi connectivity index (χ2n) is 5.54. The van der Waals surface area contributed by atoms with Crippen LogP contribution in [0.4, 0.5) is 0 Å². The molecule has 5 heteroatoms. The lowest BCUT2D eigenvalue weighted by Crippen LogP contribution is -2.20. The summed E-state index contributed by atoms with van der Waals surface area (Å²) in [5.74, 6) is 0. The van der Waals surface area contributed by atoms with Crippen LogP contribution in [-0.4, -0.2) is 14.6 Å². The van der Waals surface area contributed by atoms with Crippen LogP contribution in [0.5, 0.6) is 0 Å². The van der Waals surface area contributed by atoms with E-state index >= 15 is 0 Å². The fourth-order valence-corrected chi connectivity index (χ4v) is 3.40. The van der Waals surface area contributed by atoms with E-state index in [0.29, 0.717) is 0 Å². The first-order valence-corrected chi connectivity index (χ1v) is 8.07. The Kier molecular flexibility index (Phi) is 3.78. The summed E-state index contributed by atoms with van der Waals surface area (Å²) >= 11 is 1.76. The van der Waals surface area contributed by atoms with E-state index in [-0.39, 0.29) is 6.04 Å². The van der Waals surface area contributed by atoms with Gasteiger partial charge < -0.3 is 5.32 Å². The predicted octanol–water partition coefficient (Wildman–Crippen LogP) is 3.57. The van der Waals surface area contributed by atoms with E-state index in [1.165, 1.54) is 16.7 Å². The van der Waals surface area contributed by atoms with Gasteiger partial charge in [-0.3, -0.25) is 0 Å². The minimum atomic E-state index is 0.241. The zero-order valence-electron chi connectivity index (χ0n) is 12.8. The van der Waals surface area contributed by atoms with E-state index in [0.717, 1.165) is 23.6 Å². The molecule has 1 atom stereocenters. The second-order valence-corrected chi connectivity index (χ2v) is 6.28. The van der Waals surface area contributed by atoms with Crippen molar-refractivity contribution in [2.75, 3.05) is 0 Å². The van der Waals surface area contributed by atoms with Crippen molar-refractivity contribution in [3.63, 3.8) is 0 Å². The van der Waals surface area contributed by atoms with Crippen LogP contribution in [0.2, 0.25) is 0 Å². The molecule has 4 nitrogen and oxygen atoms in total. The number of hydrogen-bond acceptors (Lipinski definition) is 4. The number of nitrogens with zero attached hydrogens (tertiary/aromatic N) is 3. The molecule has 0 aliphatic rings. The molecule has 0 amide bonds. The molecule has 0 fully saturated rings. The number of aryl methyl sites for hydroxylation is 3. The average Bonchev–Trinajstić information content (AvgIpc) is 3.02. The Labute approximate surface area is 128 Å². The molecule has 3 heterocycles. The van der Waals surface area contributed by atoms with Crippen LogP contribution < -0.4 is 5.32 Å². The number of hydrogen-bond donors (Lipinski definition) is 1. The molecule has 3 aromatic rings. The first kappa shape index (κ1) is 14.2. The summed E-state index contributed by atoms with van der Waals surface area (Å²) in [6, 6.07) is 2.24. The van der Waals surface area contributed by atoms with Crippen molar-refractivity contribution >= 4 is 17.0 Å². The van der Waals surface area contributed by atoms with Crippen LogP contribution in [-0.2, 0) is 6.54 Å². The molecule has 1 N–H and O–H groups in total. The van der Waals surface area contributed by atoms with Crippen molar-refractivity contribution in [2.24, 2.45) is 0 Å². The van der Waals surface area contributed by atoms with Crippen molar-refractivity contribution in [2.45, 2.75) is 40.3 Å². The first-order chi connectivity index (χ1) is 10.1. The largest absolute Gasteiger partial charge is 0.306 e. The smallest absolute Gasteiger partial charge is 0.155 e. The highest BCUT2D eigenvalue weighted by molar-refractivity contribution is 7.08. The lowest BCUT2D eigenvalue weighted by molar-refractivity contribution is 0.564. The molecular formula is C16H20N4S. The molecule has 0 saturated carbocycles. The van der Waals surface area contributed by atoms with Crippen LogP contribution in [0.3, 0.4) is 0 Å². The van der Waals surface area contributed by atoms with Gasteiger partial charge in [-0.15, -0.1) is 0 Å². The zero-order chi connectivity index (χ0) is 15.0. The quantitative estimate of drug-likeness (QED) is 0.801. The summed E-state index contributed by atoms with van der Waals surface area (Å²) in [7, 11) is 0. The summed E-state index contributed by atoms with van der Waals surface area (Å²) < 4.78 is 1.93. The van der Waals surface area contributed by atoms with Crippen molar-refractivity contribution in [1.82, 2.24) is 19.9 Å². The van der Waals surface area contributed by atoms with Gasteiger partial charge in [-0.05, 0) is 49.6 Å². The van der Waals surface area contributed by atoms with Gasteiger partial charge in [-0.2, -0.15) is 16.4 Å². The topological polar surface area (TPSA) is 42.2 Å². The van der Waals surface area contributed by atoms with Gasteiger partial charge in [0.25, 0.3) is 0 Å². The van der Waals surface area contributed by atoms with Crippen molar-refractivity contribution in [1.29, 1.82) is 0 Å². The van der Waals surface area contributed by atoms with E-state index in [9.17, 15) is 0 Å². The van der Waals surface area contributed by atoms with Crippen LogP contribution >= 0.6 is 11.3 Å². The molecule has 3 aromatic heterocycles. The second kappa shape index (κ2) is 5.58. The third-order valence-corrected chi connectivity index (χ3v) is 4.82. The predicted molar refractivity (Wildman–Crippen MR) is 86.8 cm³/mol. The minimum absolute atomic E-state index is 0.241. The lowest BCUT2D eigenvalue weighted by atomic mass is 10.1. The van der Waals surface area contributed by atoms with Gasteiger partial charge >= 0.3 is 0 Å². The fourth-order valence-electron chi connectivity index (χ4n) is 2.54. The van der Waals surface area contributed by atoms with Gasteiger partial charge in [0, 0.05) is 36.1 Å². The standard InChI is InChI=1S/C16H20N4S/c1-10-8-21-9-14(10)6-17-12(3)15-7-18-16-5-11(2)19-20(16)13(15)4/h5,7-9,12,17H,6H2,1-4H3. The maximum atomic E-state index is 4.51. The van der Waals surface area contributed by atoms with Crippen LogP contribution in [0.15, 0.2) is 23.0 Å². The Morgan fingerprint density at radius 1 is 1.29 bits per heavy atom. The Morgan fingerprint density at radius 3 is 2.81 bits per heavy atom. The third-order valence-electron chi connectivity index (χ3n) is 3.91. The van der Waals surface area contributed by atoms with Crippen molar-refractivity contribution in [3.05, 3.63) is 51.1 Å². The maximum absolute atomic E-state index is 4.51. The molecule has 0 aromatic carbocycles. The van der Waals surface area contributed by atoms with E-state index in [4.69, 9.17) is 0 Å². The summed E-state index contributed by atoms with van der Waals surface area (Å²) in [4.78, 5) is 4.51. The summed E-state index contributed by atoms with van der Waals surface area (Å²) in [5, 5.41) is 12.5. The molecule has 0 spiro atoms.